The van der Waals surface area contributed by atoms with E-state index < -0.39 is 0 Å². The van der Waals surface area contributed by atoms with Gasteiger partial charge in [-0.15, -0.1) is 0 Å². The molecular formula is C12H21NO2. The van der Waals surface area contributed by atoms with Crippen LogP contribution < -0.4 is 5.32 Å². The highest BCUT2D eigenvalue weighted by molar-refractivity contribution is 4.92. The number of hydrogen-bond acceptors (Lipinski definition) is 3. The van der Waals surface area contributed by atoms with Crippen LogP contribution >= 0.6 is 0 Å². The standard InChI is InChI=1S/C12H21NO2/c1-14-12(6-4-7-12)10-13-9-11-5-2-3-8-15-11/h3,8,11,13H,2,4-7,9-10H2,1H3. The maximum absolute atomic E-state index is 5.55. The average molecular weight is 211 g/mol. The Morgan fingerprint density at radius 3 is 2.93 bits per heavy atom. The third kappa shape index (κ3) is 2.73. The lowest BCUT2D eigenvalue weighted by molar-refractivity contribution is -0.0705. The SMILES string of the molecule is COC1(CNCC2CCC=CO2)CCC1. The lowest BCUT2D eigenvalue weighted by Gasteiger charge is -2.41. The van der Waals surface area contributed by atoms with Crippen LogP contribution in [0.2, 0.25) is 0 Å². The molecule has 15 heavy (non-hydrogen) atoms. The van der Waals surface area contributed by atoms with Crippen LogP contribution in [0.1, 0.15) is 32.1 Å². The molecule has 0 spiro atoms. The molecule has 2 rings (SSSR count). The highest BCUT2D eigenvalue weighted by atomic mass is 16.5. The molecule has 1 heterocycles. The van der Waals surface area contributed by atoms with Crippen LogP contribution in [-0.2, 0) is 9.47 Å². The van der Waals surface area contributed by atoms with Gasteiger partial charge in [0.25, 0.3) is 0 Å². The van der Waals surface area contributed by atoms with E-state index >= 15 is 0 Å². The van der Waals surface area contributed by atoms with E-state index in [2.05, 4.69) is 11.4 Å². The molecule has 1 N–H and O–H groups in total. The highest BCUT2D eigenvalue weighted by Gasteiger charge is 2.36. The van der Waals surface area contributed by atoms with Crippen LogP contribution in [0.3, 0.4) is 0 Å². The largest absolute Gasteiger partial charge is 0.497 e. The van der Waals surface area contributed by atoms with Crippen molar-refractivity contribution in [2.75, 3.05) is 20.2 Å². The van der Waals surface area contributed by atoms with Gasteiger partial charge >= 0.3 is 0 Å². The summed E-state index contributed by atoms with van der Waals surface area (Å²) < 4.78 is 11.0. The molecule has 0 aromatic heterocycles. The molecule has 2 aliphatic rings. The third-order valence-corrected chi connectivity index (χ3v) is 3.54. The molecule has 1 aliphatic carbocycles. The predicted molar refractivity (Wildman–Crippen MR) is 59.7 cm³/mol. The second-order valence-corrected chi connectivity index (χ2v) is 4.58. The molecular weight excluding hydrogens is 190 g/mol. The third-order valence-electron chi connectivity index (χ3n) is 3.54. The minimum absolute atomic E-state index is 0.129. The highest BCUT2D eigenvalue weighted by Crippen LogP contribution is 2.34. The fourth-order valence-corrected chi connectivity index (χ4v) is 2.22. The van der Waals surface area contributed by atoms with Gasteiger partial charge in [-0.05, 0) is 38.2 Å². The zero-order valence-corrected chi connectivity index (χ0v) is 9.50. The van der Waals surface area contributed by atoms with Crippen molar-refractivity contribution in [1.82, 2.24) is 5.32 Å². The van der Waals surface area contributed by atoms with Gasteiger partial charge in [0.05, 0.1) is 11.9 Å². The summed E-state index contributed by atoms with van der Waals surface area (Å²) in [6.45, 7) is 1.91. The molecule has 1 atom stereocenters. The van der Waals surface area contributed by atoms with Gasteiger partial charge in [-0.1, -0.05) is 0 Å². The molecule has 1 fully saturated rings. The Balaban J connectivity index is 1.63. The molecule has 0 bridgehead atoms. The van der Waals surface area contributed by atoms with Crippen LogP contribution in [0.5, 0.6) is 0 Å². The fourth-order valence-electron chi connectivity index (χ4n) is 2.22. The minimum atomic E-state index is 0.129. The van der Waals surface area contributed by atoms with Crippen LogP contribution in [0.25, 0.3) is 0 Å². The van der Waals surface area contributed by atoms with Gasteiger partial charge < -0.3 is 14.8 Å². The molecule has 1 saturated carbocycles. The maximum Gasteiger partial charge on any atom is 0.110 e. The number of methoxy groups -OCH3 is 1. The zero-order valence-electron chi connectivity index (χ0n) is 9.50. The summed E-state index contributed by atoms with van der Waals surface area (Å²) >= 11 is 0. The number of ether oxygens (including phenoxy) is 2. The summed E-state index contributed by atoms with van der Waals surface area (Å²) in [4.78, 5) is 0. The molecule has 0 radical (unpaired) electrons. The second-order valence-electron chi connectivity index (χ2n) is 4.58. The molecule has 1 aliphatic heterocycles. The van der Waals surface area contributed by atoms with Crippen molar-refractivity contribution in [2.45, 2.75) is 43.8 Å². The molecule has 3 heteroatoms. The summed E-state index contributed by atoms with van der Waals surface area (Å²) in [5.41, 5.74) is 0.129. The van der Waals surface area contributed by atoms with E-state index in [-0.39, 0.29) is 5.60 Å². The first-order valence-corrected chi connectivity index (χ1v) is 5.91. The first-order chi connectivity index (χ1) is 7.35. The molecule has 0 aromatic carbocycles. The van der Waals surface area contributed by atoms with Crippen molar-refractivity contribution in [3.8, 4) is 0 Å². The van der Waals surface area contributed by atoms with Crippen molar-refractivity contribution >= 4 is 0 Å². The van der Waals surface area contributed by atoms with Crippen molar-refractivity contribution in [3.63, 3.8) is 0 Å². The van der Waals surface area contributed by atoms with E-state index in [4.69, 9.17) is 9.47 Å². The molecule has 3 nitrogen and oxygen atoms in total. The van der Waals surface area contributed by atoms with Crippen LogP contribution in [-0.4, -0.2) is 31.9 Å². The summed E-state index contributed by atoms with van der Waals surface area (Å²) in [5.74, 6) is 0. The van der Waals surface area contributed by atoms with E-state index in [1.54, 1.807) is 0 Å². The Morgan fingerprint density at radius 2 is 2.40 bits per heavy atom. The number of allylic oxidation sites excluding steroid dienone is 1. The van der Waals surface area contributed by atoms with Gasteiger partial charge in [-0.25, -0.2) is 0 Å². The van der Waals surface area contributed by atoms with Crippen LogP contribution in [0.15, 0.2) is 12.3 Å². The van der Waals surface area contributed by atoms with Gasteiger partial charge in [0.1, 0.15) is 6.10 Å². The summed E-state index contributed by atoms with van der Waals surface area (Å²) in [6.07, 6.45) is 10.2. The Morgan fingerprint density at radius 1 is 1.53 bits per heavy atom. The van der Waals surface area contributed by atoms with E-state index in [9.17, 15) is 0 Å². The Labute approximate surface area is 91.8 Å². The zero-order chi connectivity index (χ0) is 10.6. The quantitative estimate of drug-likeness (QED) is 0.752. The molecule has 0 aromatic rings. The average Bonchev–Trinajstić information content (AvgIpc) is 2.24. The smallest absolute Gasteiger partial charge is 0.110 e. The Kier molecular flexibility index (Phi) is 3.65. The van der Waals surface area contributed by atoms with Crippen LogP contribution in [0, 0.1) is 0 Å². The van der Waals surface area contributed by atoms with Crippen molar-refractivity contribution < 1.29 is 9.47 Å². The van der Waals surface area contributed by atoms with E-state index in [0.29, 0.717) is 6.10 Å². The predicted octanol–water partition coefficient (Wildman–Crippen LogP) is 1.84. The monoisotopic (exact) mass is 211 g/mol. The first kappa shape index (κ1) is 11.0. The first-order valence-electron chi connectivity index (χ1n) is 5.91. The molecule has 1 unspecified atom stereocenters. The summed E-state index contributed by atoms with van der Waals surface area (Å²) in [5, 5.41) is 3.46. The van der Waals surface area contributed by atoms with Gasteiger partial charge in [-0.2, -0.15) is 0 Å². The van der Waals surface area contributed by atoms with E-state index in [0.717, 1.165) is 25.9 Å². The lowest BCUT2D eigenvalue weighted by atomic mass is 9.80. The fraction of sp³-hybridized carbons (Fsp3) is 0.833. The second kappa shape index (κ2) is 4.99. The molecule has 0 saturated heterocycles. The van der Waals surface area contributed by atoms with Gasteiger partial charge in [0.15, 0.2) is 0 Å². The summed E-state index contributed by atoms with van der Waals surface area (Å²) in [7, 11) is 1.82. The Bertz CT molecular complexity index is 218. The van der Waals surface area contributed by atoms with Gasteiger partial charge in [-0.3, -0.25) is 0 Å². The number of nitrogens with one attached hydrogen (secondary N) is 1. The van der Waals surface area contributed by atoms with Crippen LogP contribution in [0.4, 0.5) is 0 Å². The maximum atomic E-state index is 5.55. The Hall–Kier alpha value is -0.540. The summed E-state index contributed by atoms with van der Waals surface area (Å²) in [6, 6.07) is 0. The number of rotatable bonds is 5. The topological polar surface area (TPSA) is 30.5 Å². The van der Waals surface area contributed by atoms with Crippen molar-refractivity contribution in [3.05, 3.63) is 12.3 Å². The van der Waals surface area contributed by atoms with Crippen molar-refractivity contribution in [2.24, 2.45) is 0 Å². The van der Waals surface area contributed by atoms with E-state index in [1.807, 2.05) is 13.4 Å². The minimum Gasteiger partial charge on any atom is -0.497 e. The number of hydrogen-bond donors (Lipinski definition) is 1. The van der Waals surface area contributed by atoms with Crippen molar-refractivity contribution in [1.29, 1.82) is 0 Å². The molecule has 86 valence electrons. The van der Waals surface area contributed by atoms with Gasteiger partial charge in [0.2, 0.25) is 0 Å². The van der Waals surface area contributed by atoms with E-state index in [1.165, 1.54) is 19.3 Å². The molecule has 0 amide bonds. The lowest BCUT2D eigenvalue weighted by Crippen LogP contribution is -2.49. The normalized spacial score (nSPS) is 28.2. The van der Waals surface area contributed by atoms with Gasteiger partial charge in [0, 0.05) is 20.2 Å².